The molecule has 4 rings (SSSR count). The van der Waals surface area contributed by atoms with Gasteiger partial charge in [0.25, 0.3) is 0 Å². The molecule has 0 unspecified atom stereocenters. The number of halogens is 1. The SMILES string of the molecule is C.Cc1cc(N(C)C)nc(Cl)n1.Cc1cc(N(C)C)nc(Nc2ccc(N)cc2)n1.Nc1ccc(N)cc1. The van der Waals surface area contributed by atoms with Crippen molar-refractivity contribution in [3.05, 3.63) is 77.3 Å². The van der Waals surface area contributed by atoms with Gasteiger partial charge in [-0.3, -0.25) is 0 Å². The number of nitrogen functional groups attached to an aromatic ring is 3. The standard InChI is InChI=1S/C13H17N5.C7H10ClN3.C6H8N2.CH4/c1-9-8-12(18(2)3)17-13(15-9)16-11-6-4-10(14)5-7-11;1-5-4-6(11(2)3)10-7(8)9-5;7-5-1-2-6(8)4-3-5;/h4-8H,14H2,1-3H3,(H,15,16,17);4H,1-3H3;1-4H,7-8H2;1H4. The van der Waals surface area contributed by atoms with Crippen molar-refractivity contribution in [3.8, 4) is 0 Å². The fourth-order valence-electron chi connectivity index (χ4n) is 2.77. The first-order valence-corrected chi connectivity index (χ1v) is 11.8. The third-order valence-corrected chi connectivity index (χ3v) is 4.84. The molecule has 204 valence electrons. The van der Waals surface area contributed by atoms with Gasteiger partial charge in [0.1, 0.15) is 11.6 Å². The van der Waals surface area contributed by atoms with Gasteiger partial charge in [-0.1, -0.05) is 7.43 Å². The summed E-state index contributed by atoms with van der Waals surface area (Å²) in [6, 6.07) is 18.4. The number of hydrogen-bond donors (Lipinski definition) is 4. The van der Waals surface area contributed by atoms with Crippen molar-refractivity contribution in [3.63, 3.8) is 0 Å². The molecule has 0 aliphatic rings. The van der Waals surface area contributed by atoms with Crippen LogP contribution in [0.3, 0.4) is 0 Å². The van der Waals surface area contributed by atoms with Crippen molar-refractivity contribution in [1.29, 1.82) is 0 Å². The van der Waals surface area contributed by atoms with Gasteiger partial charge < -0.3 is 32.3 Å². The first-order chi connectivity index (χ1) is 17.4. The molecule has 2 heterocycles. The number of nitrogens with zero attached hydrogens (tertiary/aromatic N) is 6. The van der Waals surface area contributed by atoms with Crippen molar-refractivity contribution in [1.82, 2.24) is 19.9 Å². The Morgan fingerprint density at radius 3 is 1.45 bits per heavy atom. The quantitative estimate of drug-likeness (QED) is 0.202. The lowest BCUT2D eigenvalue weighted by Gasteiger charge is -2.13. The van der Waals surface area contributed by atoms with Crippen LogP contribution in [0.1, 0.15) is 18.8 Å². The van der Waals surface area contributed by atoms with Crippen LogP contribution in [0.4, 0.5) is 40.3 Å². The second kappa shape index (κ2) is 15.1. The van der Waals surface area contributed by atoms with E-state index in [2.05, 4.69) is 25.3 Å². The van der Waals surface area contributed by atoms with Crippen molar-refractivity contribution in [2.45, 2.75) is 21.3 Å². The highest BCUT2D eigenvalue weighted by atomic mass is 35.5. The van der Waals surface area contributed by atoms with E-state index >= 15 is 0 Å². The first-order valence-electron chi connectivity index (χ1n) is 11.4. The topological polar surface area (TPSA) is 148 Å². The van der Waals surface area contributed by atoms with Crippen LogP contribution in [0.2, 0.25) is 5.28 Å². The van der Waals surface area contributed by atoms with E-state index in [1.54, 1.807) is 24.3 Å². The summed E-state index contributed by atoms with van der Waals surface area (Å²) in [5.74, 6) is 2.30. The fourth-order valence-corrected chi connectivity index (χ4v) is 2.99. The van der Waals surface area contributed by atoms with E-state index < -0.39 is 0 Å². The van der Waals surface area contributed by atoms with Crippen LogP contribution < -0.4 is 32.3 Å². The molecule has 0 bridgehead atoms. The van der Waals surface area contributed by atoms with E-state index in [4.69, 9.17) is 28.8 Å². The maximum Gasteiger partial charge on any atom is 0.229 e. The monoisotopic (exact) mass is 538 g/mol. The summed E-state index contributed by atoms with van der Waals surface area (Å²) in [5.41, 5.74) is 21.3. The molecule has 7 N–H and O–H groups in total. The van der Waals surface area contributed by atoms with E-state index in [9.17, 15) is 0 Å². The maximum absolute atomic E-state index is 5.65. The Morgan fingerprint density at radius 1 is 0.632 bits per heavy atom. The van der Waals surface area contributed by atoms with Crippen LogP contribution in [0, 0.1) is 13.8 Å². The normalized spacial score (nSPS) is 9.55. The Bertz CT molecular complexity index is 1220. The number of aromatic nitrogens is 4. The molecule has 0 fully saturated rings. The Hall–Kier alpha value is -4.31. The van der Waals surface area contributed by atoms with Gasteiger partial charge in [-0.15, -0.1) is 0 Å². The molecule has 0 spiro atoms. The largest absolute Gasteiger partial charge is 0.399 e. The number of benzene rings is 2. The highest BCUT2D eigenvalue weighted by molar-refractivity contribution is 6.28. The predicted octanol–water partition coefficient (Wildman–Crippen LogP) is 5.17. The lowest BCUT2D eigenvalue weighted by molar-refractivity contribution is 1.02. The van der Waals surface area contributed by atoms with Gasteiger partial charge >= 0.3 is 0 Å². The molecule has 10 nitrogen and oxygen atoms in total. The van der Waals surface area contributed by atoms with Crippen molar-refractivity contribution in [2.75, 3.05) is 60.5 Å². The molecule has 2 aromatic carbocycles. The van der Waals surface area contributed by atoms with E-state index in [1.807, 2.05) is 88.2 Å². The molecule has 11 heteroatoms. The van der Waals surface area contributed by atoms with E-state index in [0.717, 1.165) is 45.8 Å². The first kappa shape index (κ1) is 31.7. The van der Waals surface area contributed by atoms with Gasteiger partial charge in [0.2, 0.25) is 11.2 Å². The average Bonchev–Trinajstić information content (AvgIpc) is 2.82. The minimum Gasteiger partial charge on any atom is -0.399 e. The smallest absolute Gasteiger partial charge is 0.229 e. The molecule has 0 saturated carbocycles. The number of nitrogens with one attached hydrogen (secondary N) is 1. The molecular formula is C27H39ClN10. The van der Waals surface area contributed by atoms with Gasteiger partial charge in [-0.05, 0) is 74.0 Å². The van der Waals surface area contributed by atoms with Crippen LogP contribution in [0.25, 0.3) is 0 Å². The third kappa shape index (κ3) is 11.2. The average molecular weight is 539 g/mol. The lowest BCUT2D eigenvalue weighted by Crippen LogP contribution is -2.12. The Labute approximate surface area is 230 Å². The van der Waals surface area contributed by atoms with Gasteiger partial charge in [-0.2, -0.15) is 4.98 Å². The highest BCUT2D eigenvalue weighted by Gasteiger charge is 2.04. The van der Waals surface area contributed by atoms with Gasteiger partial charge in [0, 0.05) is 74.5 Å². The van der Waals surface area contributed by atoms with Gasteiger partial charge in [0.15, 0.2) is 0 Å². The number of nitrogens with two attached hydrogens (primary N) is 3. The molecule has 2 aromatic heterocycles. The minimum absolute atomic E-state index is 0. The minimum atomic E-state index is 0. The second-order valence-electron chi connectivity index (χ2n) is 8.53. The number of aryl methyl sites for hydroxylation is 2. The highest BCUT2D eigenvalue weighted by Crippen LogP contribution is 2.18. The van der Waals surface area contributed by atoms with Crippen molar-refractivity contribution < 1.29 is 0 Å². The van der Waals surface area contributed by atoms with Crippen molar-refractivity contribution in [2.24, 2.45) is 0 Å². The van der Waals surface area contributed by atoms with E-state index in [1.165, 1.54) is 0 Å². The molecule has 0 atom stereocenters. The third-order valence-electron chi connectivity index (χ3n) is 4.67. The summed E-state index contributed by atoms with van der Waals surface area (Å²) in [5, 5.41) is 3.46. The summed E-state index contributed by atoms with van der Waals surface area (Å²) in [6.45, 7) is 3.84. The molecular weight excluding hydrogens is 500 g/mol. The van der Waals surface area contributed by atoms with E-state index in [-0.39, 0.29) is 7.43 Å². The molecule has 4 aromatic rings. The summed E-state index contributed by atoms with van der Waals surface area (Å²) in [7, 11) is 7.74. The summed E-state index contributed by atoms with van der Waals surface area (Å²) < 4.78 is 0. The molecule has 0 aliphatic heterocycles. The maximum atomic E-state index is 5.65. The Kier molecular flexibility index (Phi) is 12.6. The van der Waals surface area contributed by atoms with Crippen molar-refractivity contribution >= 4 is 51.9 Å². The lowest BCUT2D eigenvalue weighted by atomic mass is 10.3. The molecule has 38 heavy (non-hydrogen) atoms. The number of rotatable bonds is 4. The molecule has 0 aliphatic carbocycles. The molecule has 0 radical (unpaired) electrons. The zero-order chi connectivity index (χ0) is 27.5. The Morgan fingerprint density at radius 2 is 1.03 bits per heavy atom. The number of anilines is 7. The summed E-state index contributed by atoms with van der Waals surface area (Å²) in [4.78, 5) is 20.6. The molecule has 0 saturated heterocycles. The molecule has 0 amide bonds. The zero-order valence-electron chi connectivity index (χ0n) is 22.1. The van der Waals surface area contributed by atoms with Gasteiger partial charge in [-0.25, -0.2) is 15.0 Å². The van der Waals surface area contributed by atoms with Crippen LogP contribution in [0.15, 0.2) is 60.7 Å². The fraction of sp³-hybridized carbons (Fsp3) is 0.259. The summed E-state index contributed by atoms with van der Waals surface area (Å²) >= 11 is 5.65. The van der Waals surface area contributed by atoms with E-state index in [0.29, 0.717) is 11.2 Å². The van der Waals surface area contributed by atoms with Gasteiger partial charge in [0.05, 0.1) is 0 Å². The van der Waals surface area contributed by atoms with Crippen LogP contribution >= 0.6 is 11.6 Å². The zero-order valence-corrected chi connectivity index (χ0v) is 22.8. The predicted molar refractivity (Wildman–Crippen MR) is 163 cm³/mol. The summed E-state index contributed by atoms with van der Waals surface area (Å²) in [6.07, 6.45) is 0. The number of hydrogen-bond acceptors (Lipinski definition) is 10. The van der Waals surface area contributed by atoms with Crippen LogP contribution in [-0.4, -0.2) is 48.1 Å². The van der Waals surface area contributed by atoms with Crippen LogP contribution in [-0.2, 0) is 0 Å². The van der Waals surface area contributed by atoms with Crippen LogP contribution in [0.5, 0.6) is 0 Å². The second-order valence-corrected chi connectivity index (χ2v) is 8.87. The Balaban J connectivity index is 0.000000309.